The molecular weight excluding hydrogens is 668 g/mol. The minimum atomic E-state index is -4.84. The van der Waals surface area contributed by atoms with Crippen LogP contribution in [0.25, 0.3) is 16.8 Å². The zero-order valence-corrected chi connectivity index (χ0v) is 25.5. The van der Waals surface area contributed by atoms with Gasteiger partial charge in [0.2, 0.25) is 11.9 Å². The lowest BCUT2D eigenvalue weighted by atomic mass is 9.96. The van der Waals surface area contributed by atoms with Crippen molar-refractivity contribution in [1.82, 2.24) is 44.5 Å². The van der Waals surface area contributed by atoms with Crippen LogP contribution in [0.4, 0.5) is 11.9 Å². The van der Waals surface area contributed by atoms with Crippen LogP contribution in [0, 0.1) is 0 Å². The molecule has 4 aromatic rings. The van der Waals surface area contributed by atoms with Crippen molar-refractivity contribution in [3.63, 3.8) is 0 Å². The van der Waals surface area contributed by atoms with Gasteiger partial charge in [0, 0.05) is 11.5 Å². The SMILES string of the molecule is Nc1nc2c(nnn2C2SC3COP(=O)(O)O[C@H]4C(c5cnn6c(N)ncnc56)CO[C@@H]4COP(=O)(S)O[C@@H]2[C@@H]3O)c(=O)[nH]1. The molecule has 7 N–H and O–H groups in total. The number of fused-ring (bicyclic) bond motifs is 5. The van der Waals surface area contributed by atoms with Gasteiger partial charge in [-0.05, 0) is 0 Å². The zero-order valence-electron chi connectivity index (χ0n) is 22.0. The Morgan fingerprint density at radius 3 is 2.75 bits per heavy atom. The van der Waals surface area contributed by atoms with Gasteiger partial charge in [0.25, 0.3) is 5.56 Å². The molecule has 0 radical (unpaired) electrons. The highest BCUT2D eigenvalue weighted by Gasteiger charge is 2.52. The first kappa shape index (κ1) is 30.0. The number of phosphoric acid groups is 1. The molecular formula is C19H23N11O10P2S2. The van der Waals surface area contributed by atoms with E-state index >= 15 is 0 Å². The molecule has 7 rings (SSSR count). The van der Waals surface area contributed by atoms with Gasteiger partial charge in [0.05, 0.1) is 37.4 Å². The number of hydrogen-bond acceptors (Lipinski definition) is 18. The molecule has 7 heterocycles. The third-order valence-corrected chi connectivity index (χ3v) is 11.3. The van der Waals surface area contributed by atoms with Crippen molar-refractivity contribution in [3.8, 4) is 0 Å². The van der Waals surface area contributed by atoms with Crippen molar-refractivity contribution in [2.24, 2.45) is 0 Å². The summed E-state index contributed by atoms with van der Waals surface area (Å²) in [5.41, 5.74) is 11.5. The van der Waals surface area contributed by atoms with E-state index in [1.54, 1.807) is 0 Å². The molecule has 21 nitrogen and oxygen atoms in total. The van der Waals surface area contributed by atoms with Crippen molar-refractivity contribution >= 4 is 67.3 Å². The fourth-order valence-electron chi connectivity index (χ4n) is 5.24. The lowest BCUT2D eigenvalue weighted by Gasteiger charge is -2.27. The Bertz CT molecular complexity index is 1910. The molecule has 4 aromatic heterocycles. The zero-order chi connectivity index (χ0) is 31.0. The average Bonchev–Trinajstić information content (AvgIpc) is 3.72. The van der Waals surface area contributed by atoms with Crippen molar-refractivity contribution in [2.45, 2.75) is 41.0 Å². The molecule has 3 saturated heterocycles. The van der Waals surface area contributed by atoms with E-state index in [4.69, 9.17) is 34.3 Å². The number of H-pyrrole nitrogens is 1. The van der Waals surface area contributed by atoms with E-state index in [1.807, 2.05) is 0 Å². The minimum absolute atomic E-state index is 0.0296. The van der Waals surface area contributed by atoms with Gasteiger partial charge >= 0.3 is 14.6 Å². The summed E-state index contributed by atoms with van der Waals surface area (Å²) >= 11 is 5.07. The molecule has 44 heavy (non-hydrogen) atoms. The first-order valence-corrected chi connectivity index (χ1v) is 17.9. The van der Waals surface area contributed by atoms with E-state index < -0.39 is 74.4 Å². The molecule has 0 saturated carbocycles. The van der Waals surface area contributed by atoms with Crippen molar-refractivity contribution < 1.29 is 42.0 Å². The monoisotopic (exact) mass is 691 g/mol. The molecule has 3 fully saturated rings. The number of nitrogens with one attached hydrogen (secondary N) is 1. The molecule has 3 aliphatic heterocycles. The smallest absolute Gasteiger partial charge is 0.389 e. The van der Waals surface area contributed by atoms with Gasteiger partial charge in [-0.1, -0.05) is 17.5 Å². The van der Waals surface area contributed by atoms with Crippen molar-refractivity contribution in [2.75, 3.05) is 31.3 Å². The summed E-state index contributed by atoms with van der Waals surface area (Å²) in [4.78, 5) is 37.5. The Balaban J connectivity index is 1.21. The van der Waals surface area contributed by atoms with Gasteiger partial charge in [-0.3, -0.25) is 27.9 Å². The summed E-state index contributed by atoms with van der Waals surface area (Å²) in [6.07, 6.45) is -2.38. The van der Waals surface area contributed by atoms with Crippen LogP contribution >= 0.6 is 38.6 Å². The first-order valence-electron chi connectivity index (χ1n) is 12.7. The maximum absolute atomic E-state index is 13.5. The van der Waals surface area contributed by atoms with Crippen LogP contribution in [0.5, 0.6) is 0 Å². The summed E-state index contributed by atoms with van der Waals surface area (Å²) in [6, 6.07) is 0. The Morgan fingerprint density at radius 1 is 1.11 bits per heavy atom. The van der Waals surface area contributed by atoms with E-state index in [1.165, 1.54) is 17.0 Å². The second-order valence-electron chi connectivity index (χ2n) is 9.93. The fraction of sp³-hybridized carbons (Fsp3) is 0.526. The lowest BCUT2D eigenvalue weighted by molar-refractivity contribution is -0.000771. The van der Waals surface area contributed by atoms with Crippen LogP contribution in [0.15, 0.2) is 17.3 Å². The van der Waals surface area contributed by atoms with Gasteiger partial charge in [-0.25, -0.2) is 23.8 Å². The summed E-state index contributed by atoms with van der Waals surface area (Å²) < 4.78 is 57.3. The minimum Gasteiger partial charge on any atom is -0.389 e. The number of hydrogen-bond donors (Lipinski definition) is 6. The van der Waals surface area contributed by atoms with Crippen LogP contribution < -0.4 is 17.0 Å². The van der Waals surface area contributed by atoms with E-state index in [-0.39, 0.29) is 29.7 Å². The maximum Gasteiger partial charge on any atom is 0.472 e. The number of nitrogens with zero attached hydrogens (tertiary/aromatic N) is 8. The Labute approximate surface area is 254 Å². The molecule has 0 aromatic carbocycles. The number of aliphatic hydroxyl groups is 1. The topological polar surface area (TPSA) is 292 Å². The van der Waals surface area contributed by atoms with Crippen LogP contribution in [-0.4, -0.2) is 104 Å². The highest BCUT2D eigenvalue weighted by atomic mass is 32.7. The molecule has 2 bridgehead atoms. The number of thiol groups is 1. The van der Waals surface area contributed by atoms with Crippen molar-refractivity contribution in [3.05, 3.63) is 28.4 Å². The summed E-state index contributed by atoms with van der Waals surface area (Å²) in [5, 5.41) is 21.2. The van der Waals surface area contributed by atoms with E-state index in [0.717, 1.165) is 16.4 Å². The van der Waals surface area contributed by atoms with Gasteiger partial charge in [0.15, 0.2) is 16.8 Å². The number of nitrogens with two attached hydrogens (primary N) is 2. The average molecular weight is 692 g/mol. The van der Waals surface area contributed by atoms with E-state index in [2.05, 4.69) is 47.6 Å². The van der Waals surface area contributed by atoms with Crippen LogP contribution in [-0.2, 0) is 32.0 Å². The fourth-order valence-corrected chi connectivity index (χ4v) is 9.34. The highest BCUT2D eigenvalue weighted by molar-refractivity contribution is 8.44. The third-order valence-electron chi connectivity index (χ3n) is 7.23. The largest absolute Gasteiger partial charge is 0.472 e. The van der Waals surface area contributed by atoms with Crippen LogP contribution in [0.3, 0.4) is 0 Å². The second-order valence-corrected chi connectivity index (χ2v) is 15.6. The van der Waals surface area contributed by atoms with Gasteiger partial charge in [0.1, 0.15) is 30.0 Å². The van der Waals surface area contributed by atoms with Crippen molar-refractivity contribution in [1.29, 1.82) is 0 Å². The van der Waals surface area contributed by atoms with Gasteiger partial charge < -0.3 is 26.2 Å². The number of phosphoric ester groups is 1. The predicted octanol–water partition coefficient (Wildman–Crippen LogP) is -0.770. The molecule has 25 heteroatoms. The predicted molar refractivity (Wildman–Crippen MR) is 153 cm³/mol. The standard InChI is InChI=1S/C19H23N11O10P2S2/c20-18-25-15-10(16(32)26-18)27-28-29(15)17-13-11(31)9(44-17)4-37-41(33,34)39-12-7(2-36-8(12)3-38-42(35,43)40-13)6-1-24-30-14(6)22-5-23-19(30)21/h1,5,7-9,11-13,17,31H,2-4H2,(H,33,34)(H,35,43)(H2,21,22,23)(H3,20,25,26,32)/t7?,8-,9?,11-,12+,13-,17?,42?/m1/s1. The molecule has 3 aliphatic rings. The highest BCUT2D eigenvalue weighted by Crippen LogP contribution is 2.60. The molecule has 0 spiro atoms. The van der Waals surface area contributed by atoms with Crippen LogP contribution in [0.2, 0.25) is 0 Å². The number of anilines is 2. The number of aliphatic hydroxyl groups excluding tert-OH is 1. The summed E-state index contributed by atoms with van der Waals surface area (Å²) in [7, 11) is -4.84. The quantitative estimate of drug-likeness (QED) is 0.111. The molecule has 5 unspecified atom stereocenters. The number of thioether (sulfide) groups is 1. The van der Waals surface area contributed by atoms with E-state index in [9.17, 15) is 23.9 Å². The molecule has 236 valence electrons. The number of ether oxygens (including phenoxy) is 1. The molecule has 9 atom stereocenters. The molecule has 0 amide bonds. The Morgan fingerprint density at radius 2 is 1.93 bits per heavy atom. The van der Waals surface area contributed by atoms with Gasteiger partial charge in [-0.15, -0.1) is 16.9 Å². The second kappa shape index (κ2) is 11.0. The third kappa shape index (κ3) is 5.30. The lowest BCUT2D eigenvalue weighted by Crippen LogP contribution is -2.35. The maximum atomic E-state index is 13.5. The molecule has 0 aliphatic carbocycles. The normalized spacial score (nSPS) is 36.6. The number of nitrogen functional groups attached to an aromatic ring is 2. The first-order chi connectivity index (χ1) is 20.9. The summed E-state index contributed by atoms with van der Waals surface area (Å²) in [5.74, 6) is -0.871. The summed E-state index contributed by atoms with van der Waals surface area (Å²) in [6.45, 7) is -5.30. The van der Waals surface area contributed by atoms with Crippen LogP contribution in [0.1, 0.15) is 16.9 Å². The number of aromatic amines is 1. The Kier molecular flexibility index (Phi) is 7.49. The Hall–Kier alpha value is -2.69. The number of rotatable bonds is 2. The van der Waals surface area contributed by atoms with Gasteiger partial charge in [-0.2, -0.15) is 14.6 Å². The van der Waals surface area contributed by atoms with E-state index in [0.29, 0.717) is 11.2 Å². The number of aromatic nitrogens is 9.